The summed E-state index contributed by atoms with van der Waals surface area (Å²) < 4.78 is 13.0. The Balaban J connectivity index is 1.49. The second-order valence-corrected chi connectivity index (χ2v) is 8.27. The average molecular weight is 369 g/mol. The normalized spacial score (nSPS) is 21.9. The van der Waals surface area contributed by atoms with E-state index < -0.39 is 0 Å². The lowest BCUT2D eigenvalue weighted by Crippen LogP contribution is -2.46. The van der Waals surface area contributed by atoms with E-state index >= 15 is 0 Å². The minimum Gasteiger partial charge on any atom is -0.454 e. The fourth-order valence-electron chi connectivity index (χ4n) is 4.13. The molecular formula is C21H27N3O3. The summed E-state index contributed by atoms with van der Waals surface area (Å²) in [6.07, 6.45) is 6.20. The number of rotatable bonds is 5. The second-order valence-electron chi connectivity index (χ2n) is 8.27. The number of fused-ring (bicyclic) bond motifs is 1. The Morgan fingerprint density at radius 3 is 2.89 bits per heavy atom. The smallest absolute Gasteiger partial charge is 0.231 e. The average Bonchev–Trinajstić information content (AvgIpc) is 3.27. The van der Waals surface area contributed by atoms with Crippen LogP contribution in [0.15, 0.2) is 30.6 Å². The second kappa shape index (κ2) is 6.91. The van der Waals surface area contributed by atoms with Crippen molar-refractivity contribution in [3.8, 4) is 11.5 Å². The molecule has 1 fully saturated rings. The Kier molecular flexibility index (Phi) is 4.58. The molecule has 0 saturated carbocycles. The van der Waals surface area contributed by atoms with E-state index in [1.54, 1.807) is 0 Å². The molecule has 2 aliphatic heterocycles. The summed E-state index contributed by atoms with van der Waals surface area (Å²) in [5.41, 5.74) is 1.26. The number of piperidine rings is 1. The number of carbonyl (C=O) groups is 1. The molecule has 1 amide bonds. The van der Waals surface area contributed by atoms with E-state index in [1.807, 2.05) is 23.4 Å². The molecule has 6 nitrogen and oxygen atoms in total. The van der Waals surface area contributed by atoms with Crippen LogP contribution >= 0.6 is 0 Å². The van der Waals surface area contributed by atoms with Gasteiger partial charge in [0, 0.05) is 31.4 Å². The first kappa shape index (κ1) is 17.9. The van der Waals surface area contributed by atoms with Gasteiger partial charge in [-0.25, -0.2) is 4.98 Å². The van der Waals surface area contributed by atoms with Gasteiger partial charge in [0.2, 0.25) is 12.7 Å². The van der Waals surface area contributed by atoms with Gasteiger partial charge < -0.3 is 18.9 Å². The standard InChI is InChI=1S/C21H27N3O3/c1-15(2)24-9-8-22-19(24)12-23-13-21(3,7-6-20(23)25)11-16-4-5-17-18(10-16)27-14-26-17/h4-5,8-10,15H,6-7,11-14H2,1-3H3/t21-/m0/s1. The number of likely N-dealkylation sites (tertiary alicyclic amines) is 1. The van der Waals surface area contributed by atoms with Crippen molar-refractivity contribution < 1.29 is 14.3 Å². The number of hydrogen-bond acceptors (Lipinski definition) is 4. The fourth-order valence-corrected chi connectivity index (χ4v) is 4.13. The molecule has 2 aliphatic rings. The zero-order chi connectivity index (χ0) is 19.0. The van der Waals surface area contributed by atoms with Gasteiger partial charge in [0.15, 0.2) is 11.5 Å². The minimum absolute atomic E-state index is 0.0386. The molecule has 4 rings (SSSR count). The lowest BCUT2D eigenvalue weighted by molar-refractivity contribution is -0.138. The number of carbonyl (C=O) groups excluding carboxylic acids is 1. The zero-order valence-corrected chi connectivity index (χ0v) is 16.3. The molecule has 1 aromatic heterocycles. The summed E-state index contributed by atoms with van der Waals surface area (Å²) in [4.78, 5) is 19.0. The highest BCUT2D eigenvalue weighted by atomic mass is 16.7. The van der Waals surface area contributed by atoms with Crippen LogP contribution in [-0.4, -0.2) is 33.7 Å². The van der Waals surface area contributed by atoms with Gasteiger partial charge in [0.05, 0.1) is 6.54 Å². The van der Waals surface area contributed by atoms with Crippen LogP contribution in [0.5, 0.6) is 11.5 Å². The predicted molar refractivity (Wildman–Crippen MR) is 102 cm³/mol. The summed E-state index contributed by atoms with van der Waals surface area (Å²) in [7, 11) is 0. The highest BCUT2D eigenvalue weighted by Gasteiger charge is 2.35. The fraction of sp³-hybridized carbons (Fsp3) is 0.524. The molecule has 1 aromatic carbocycles. The number of imidazole rings is 1. The predicted octanol–water partition coefficient (Wildman–Crippen LogP) is 3.56. The van der Waals surface area contributed by atoms with Gasteiger partial charge in [-0.2, -0.15) is 0 Å². The molecule has 0 spiro atoms. The molecule has 1 atom stereocenters. The van der Waals surface area contributed by atoms with Crippen LogP contribution in [0.2, 0.25) is 0 Å². The molecule has 0 unspecified atom stereocenters. The Morgan fingerprint density at radius 2 is 2.07 bits per heavy atom. The molecule has 0 bridgehead atoms. The highest BCUT2D eigenvalue weighted by molar-refractivity contribution is 5.77. The van der Waals surface area contributed by atoms with Crippen LogP contribution < -0.4 is 9.47 Å². The third-order valence-corrected chi connectivity index (χ3v) is 5.57. The SMILES string of the molecule is CC(C)n1ccnc1CN1C[C@](C)(Cc2ccc3c(c2)OCO3)CCC1=O. The van der Waals surface area contributed by atoms with Gasteiger partial charge in [-0.3, -0.25) is 4.79 Å². The van der Waals surface area contributed by atoms with E-state index in [-0.39, 0.29) is 11.3 Å². The van der Waals surface area contributed by atoms with Crippen LogP contribution in [0.3, 0.4) is 0 Å². The van der Waals surface area contributed by atoms with Crippen molar-refractivity contribution in [1.29, 1.82) is 0 Å². The largest absolute Gasteiger partial charge is 0.454 e. The van der Waals surface area contributed by atoms with Gasteiger partial charge in [-0.15, -0.1) is 0 Å². The molecule has 6 heteroatoms. The van der Waals surface area contributed by atoms with Crippen molar-refractivity contribution in [2.24, 2.45) is 5.41 Å². The lowest BCUT2D eigenvalue weighted by Gasteiger charge is -2.40. The van der Waals surface area contributed by atoms with Crippen molar-refractivity contribution in [3.05, 3.63) is 42.0 Å². The summed E-state index contributed by atoms with van der Waals surface area (Å²) in [6.45, 7) is 8.14. The van der Waals surface area contributed by atoms with Crippen LogP contribution in [-0.2, 0) is 17.8 Å². The maximum Gasteiger partial charge on any atom is 0.231 e. The van der Waals surface area contributed by atoms with Crippen LogP contribution in [0, 0.1) is 5.41 Å². The number of amides is 1. The first-order valence-electron chi connectivity index (χ1n) is 9.61. The molecule has 0 N–H and O–H groups in total. The highest BCUT2D eigenvalue weighted by Crippen LogP contribution is 2.38. The Labute approximate surface area is 160 Å². The van der Waals surface area contributed by atoms with Crippen LogP contribution in [0.1, 0.15) is 51.0 Å². The van der Waals surface area contributed by atoms with E-state index in [1.165, 1.54) is 5.56 Å². The third-order valence-electron chi connectivity index (χ3n) is 5.57. The summed E-state index contributed by atoms with van der Waals surface area (Å²) in [6, 6.07) is 6.49. The Morgan fingerprint density at radius 1 is 1.26 bits per heavy atom. The third kappa shape index (κ3) is 3.66. The first-order valence-corrected chi connectivity index (χ1v) is 9.61. The van der Waals surface area contributed by atoms with E-state index in [2.05, 4.69) is 42.5 Å². The molecule has 2 aromatic rings. The molecule has 0 radical (unpaired) electrons. The van der Waals surface area contributed by atoms with Crippen molar-refractivity contribution in [3.63, 3.8) is 0 Å². The number of hydrogen-bond donors (Lipinski definition) is 0. The summed E-state index contributed by atoms with van der Waals surface area (Å²) in [5, 5.41) is 0. The van der Waals surface area contributed by atoms with E-state index in [0.717, 1.165) is 36.7 Å². The summed E-state index contributed by atoms with van der Waals surface area (Å²) >= 11 is 0. The topological polar surface area (TPSA) is 56.6 Å². The van der Waals surface area contributed by atoms with Gasteiger partial charge in [0.25, 0.3) is 0 Å². The van der Waals surface area contributed by atoms with Crippen molar-refractivity contribution in [2.45, 2.75) is 52.6 Å². The molecule has 1 saturated heterocycles. The number of aromatic nitrogens is 2. The number of nitrogens with zero attached hydrogens (tertiary/aromatic N) is 3. The first-order chi connectivity index (χ1) is 12.9. The molecule has 3 heterocycles. The molecule has 27 heavy (non-hydrogen) atoms. The van der Waals surface area contributed by atoms with Crippen LogP contribution in [0.4, 0.5) is 0 Å². The van der Waals surface area contributed by atoms with E-state index in [9.17, 15) is 4.79 Å². The van der Waals surface area contributed by atoms with Crippen molar-refractivity contribution in [2.75, 3.05) is 13.3 Å². The molecule has 144 valence electrons. The monoisotopic (exact) mass is 369 g/mol. The van der Waals surface area contributed by atoms with Gasteiger partial charge in [-0.05, 0) is 49.8 Å². The maximum atomic E-state index is 12.5. The zero-order valence-electron chi connectivity index (χ0n) is 16.3. The molecular weight excluding hydrogens is 342 g/mol. The van der Waals surface area contributed by atoms with E-state index in [4.69, 9.17) is 9.47 Å². The van der Waals surface area contributed by atoms with Gasteiger partial charge in [0.1, 0.15) is 5.82 Å². The minimum atomic E-state index is 0.0386. The Hall–Kier alpha value is -2.50. The molecule has 0 aliphatic carbocycles. The lowest BCUT2D eigenvalue weighted by atomic mass is 9.76. The van der Waals surface area contributed by atoms with Crippen LogP contribution in [0.25, 0.3) is 0 Å². The van der Waals surface area contributed by atoms with Gasteiger partial charge >= 0.3 is 0 Å². The number of benzene rings is 1. The van der Waals surface area contributed by atoms with Crippen molar-refractivity contribution >= 4 is 5.91 Å². The maximum absolute atomic E-state index is 12.5. The Bertz CT molecular complexity index is 845. The summed E-state index contributed by atoms with van der Waals surface area (Å²) in [5.74, 6) is 2.80. The quantitative estimate of drug-likeness (QED) is 0.809. The van der Waals surface area contributed by atoms with Gasteiger partial charge in [-0.1, -0.05) is 13.0 Å². The van der Waals surface area contributed by atoms with Crippen molar-refractivity contribution in [1.82, 2.24) is 14.5 Å². The van der Waals surface area contributed by atoms with E-state index in [0.29, 0.717) is 25.8 Å². The number of ether oxygens (including phenoxy) is 2.